The van der Waals surface area contributed by atoms with E-state index in [1.807, 2.05) is 0 Å². The normalized spacial score (nSPS) is 11.4. The van der Waals surface area contributed by atoms with Crippen molar-refractivity contribution in [1.82, 2.24) is 0 Å². The summed E-state index contributed by atoms with van der Waals surface area (Å²) in [5.41, 5.74) is 7.90. The van der Waals surface area contributed by atoms with Crippen LogP contribution in [-0.2, 0) is 0 Å². The minimum absolute atomic E-state index is 0.0665. The first-order chi connectivity index (χ1) is 8.13. The lowest BCUT2D eigenvalue weighted by molar-refractivity contribution is -0.384. The van der Waals surface area contributed by atoms with Crippen molar-refractivity contribution in [3.05, 3.63) is 44.8 Å². The molecule has 1 aromatic carbocycles. The Morgan fingerprint density at radius 2 is 2.18 bits per heavy atom. The smallest absolute Gasteiger partial charge is 0.269 e. The Labute approximate surface area is 95.6 Å². The highest BCUT2D eigenvalue weighted by atomic mass is 19.1. The molecule has 0 aliphatic carbocycles. The zero-order valence-corrected chi connectivity index (χ0v) is 8.69. The minimum atomic E-state index is -1.40. The lowest BCUT2D eigenvalue weighted by atomic mass is 10.3. The minimum Gasteiger partial charge on any atom is -0.491 e. The fraction of sp³-hybridized carbons (Fsp3) is 0.333. The molecule has 1 atom stereocenters. The van der Waals surface area contributed by atoms with Gasteiger partial charge < -0.3 is 4.74 Å². The summed E-state index contributed by atoms with van der Waals surface area (Å²) < 4.78 is 18.0. The highest BCUT2D eigenvalue weighted by molar-refractivity contribution is 5.35. The molecule has 0 saturated heterocycles. The Morgan fingerprint density at radius 3 is 2.71 bits per heavy atom. The molecular formula is C9H9FN4O3. The van der Waals surface area contributed by atoms with E-state index >= 15 is 0 Å². The summed E-state index contributed by atoms with van der Waals surface area (Å²) in [5, 5.41) is 13.4. The molecule has 7 nitrogen and oxygen atoms in total. The number of benzene rings is 1. The molecule has 1 aromatic rings. The van der Waals surface area contributed by atoms with Crippen LogP contribution in [0.5, 0.6) is 5.75 Å². The van der Waals surface area contributed by atoms with Crippen LogP contribution in [0.25, 0.3) is 10.4 Å². The van der Waals surface area contributed by atoms with E-state index < -0.39 is 11.1 Å². The second-order valence-corrected chi connectivity index (χ2v) is 3.07. The first-order valence-electron chi connectivity index (χ1n) is 4.65. The number of alkyl halides is 1. The van der Waals surface area contributed by atoms with Crippen LogP contribution in [0.4, 0.5) is 10.1 Å². The van der Waals surface area contributed by atoms with E-state index in [0.29, 0.717) is 5.75 Å². The van der Waals surface area contributed by atoms with E-state index in [4.69, 9.17) is 10.3 Å². The SMILES string of the molecule is [N-]=[N+]=NC[C@@H](F)COc1ccc([N+](=O)[O-])cc1. The number of azide groups is 1. The molecule has 8 heteroatoms. The van der Waals surface area contributed by atoms with Crippen LogP contribution in [-0.4, -0.2) is 24.2 Å². The summed E-state index contributed by atoms with van der Waals surface area (Å²) in [6.45, 7) is -0.569. The Balaban J connectivity index is 2.46. The quantitative estimate of drug-likeness (QED) is 0.251. The van der Waals surface area contributed by atoms with Gasteiger partial charge in [0.25, 0.3) is 5.69 Å². The first-order valence-corrected chi connectivity index (χ1v) is 4.65. The maximum Gasteiger partial charge on any atom is 0.269 e. The molecule has 1 rings (SSSR count). The second kappa shape index (κ2) is 6.29. The predicted octanol–water partition coefficient (Wildman–Crippen LogP) is 2.62. The zero-order chi connectivity index (χ0) is 12.7. The van der Waals surface area contributed by atoms with Gasteiger partial charge in [0.1, 0.15) is 18.5 Å². The highest BCUT2D eigenvalue weighted by Gasteiger charge is 2.08. The molecule has 0 amide bonds. The third-order valence-corrected chi connectivity index (χ3v) is 1.82. The van der Waals surface area contributed by atoms with Crippen LogP contribution in [0, 0.1) is 10.1 Å². The number of rotatable bonds is 6. The van der Waals surface area contributed by atoms with Gasteiger partial charge in [0.2, 0.25) is 0 Å². The molecular weight excluding hydrogens is 231 g/mol. The van der Waals surface area contributed by atoms with E-state index in [1.165, 1.54) is 24.3 Å². The van der Waals surface area contributed by atoms with Crippen LogP contribution >= 0.6 is 0 Å². The second-order valence-electron chi connectivity index (χ2n) is 3.07. The number of halogens is 1. The molecule has 0 unspecified atom stereocenters. The average Bonchev–Trinajstić information content (AvgIpc) is 2.34. The van der Waals surface area contributed by atoms with Gasteiger partial charge in [-0.25, -0.2) is 4.39 Å². The number of ether oxygens (including phenoxy) is 1. The van der Waals surface area contributed by atoms with E-state index in [9.17, 15) is 14.5 Å². The number of nitro groups is 1. The first kappa shape index (κ1) is 12.7. The molecule has 0 aliphatic heterocycles. The standard InChI is InChI=1S/C9H9FN4O3/c10-7(5-12-13-11)6-17-9-3-1-8(2-4-9)14(15)16/h1-4,7H,5-6H2/t7-/m1/s1. The fourth-order valence-electron chi connectivity index (χ4n) is 1.03. The summed E-state index contributed by atoms with van der Waals surface area (Å²) in [6, 6.07) is 5.27. The Bertz CT molecular complexity index is 430. The van der Waals surface area contributed by atoms with Gasteiger partial charge in [0, 0.05) is 17.0 Å². The monoisotopic (exact) mass is 240 g/mol. The molecule has 0 aromatic heterocycles. The van der Waals surface area contributed by atoms with Gasteiger partial charge >= 0.3 is 0 Å². The third-order valence-electron chi connectivity index (χ3n) is 1.82. The molecule has 0 saturated carbocycles. The van der Waals surface area contributed by atoms with Crippen molar-refractivity contribution in [3.8, 4) is 5.75 Å². The van der Waals surface area contributed by atoms with E-state index in [1.54, 1.807) is 0 Å². The molecule has 0 heterocycles. The van der Waals surface area contributed by atoms with Gasteiger partial charge in [-0.2, -0.15) is 0 Å². The third kappa shape index (κ3) is 4.35. The van der Waals surface area contributed by atoms with Gasteiger partial charge in [-0.05, 0) is 17.7 Å². The zero-order valence-electron chi connectivity index (χ0n) is 8.69. The van der Waals surface area contributed by atoms with Crippen molar-refractivity contribution in [2.75, 3.05) is 13.2 Å². The largest absolute Gasteiger partial charge is 0.491 e. The van der Waals surface area contributed by atoms with E-state index in [-0.39, 0.29) is 18.8 Å². The lowest BCUT2D eigenvalue weighted by Gasteiger charge is -2.07. The maximum absolute atomic E-state index is 13.0. The van der Waals surface area contributed by atoms with Crippen LogP contribution < -0.4 is 4.74 Å². The van der Waals surface area contributed by atoms with Gasteiger partial charge in [-0.15, -0.1) is 0 Å². The van der Waals surface area contributed by atoms with Crippen molar-refractivity contribution in [3.63, 3.8) is 0 Å². The molecule has 0 fully saturated rings. The summed E-state index contributed by atoms with van der Waals surface area (Å²) in [6.07, 6.45) is -1.40. The molecule has 0 spiro atoms. The van der Waals surface area contributed by atoms with Gasteiger partial charge in [-0.3, -0.25) is 10.1 Å². The molecule has 0 radical (unpaired) electrons. The number of hydrogen-bond donors (Lipinski definition) is 0. The average molecular weight is 240 g/mol. The Kier molecular flexibility index (Phi) is 4.71. The van der Waals surface area contributed by atoms with Crippen molar-refractivity contribution in [1.29, 1.82) is 0 Å². The molecule has 0 bridgehead atoms. The number of non-ortho nitro benzene ring substituents is 1. The van der Waals surface area contributed by atoms with Gasteiger partial charge in [0.05, 0.1) is 11.5 Å². The number of hydrogen-bond acceptors (Lipinski definition) is 4. The summed E-state index contributed by atoms with van der Waals surface area (Å²) >= 11 is 0. The van der Waals surface area contributed by atoms with Crippen molar-refractivity contribution >= 4 is 5.69 Å². The fourth-order valence-corrected chi connectivity index (χ4v) is 1.03. The molecule has 0 aliphatic rings. The van der Waals surface area contributed by atoms with Crippen LogP contribution in [0.3, 0.4) is 0 Å². The summed E-state index contributed by atoms with van der Waals surface area (Å²) in [7, 11) is 0. The highest BCUT2D eigenvalue weighted by Crippen LogP contribution is 2.17. The van der Waals surface area contributed by atoms with Crippen molar-refractivity contribution in [2.24, 2.45) is 5.11 Å². The molecule has 90 valence electrons. The number of nitro benzene ring substituents is 1. The molecule has 17 heavy (non-hydrogen) atoms. The van der Waals surface area contributed by atoms with Crippen LogP contribution in [0.1, 0.15) is 0 Å². The molecule has 0 N–H and O–H groups in total. The van der Waals surface area contributed by atoms with Gasteiger partial charge in [-0.1, -0.05) is 5.11 Å². The van der Waals surface area contributed by atoms with E-state index in [0.717, 1.165) is 0 Å². The van der Waals surface area contributed by atoms with Crippen molar-refractivity contribution in [2.45, 2.75) is 6.17 Å². The Hall–Kier alpha value is -2.34. The van der Waals surface area contributed by atoms with Gasteiger partial charge in [0.15, 0.2) is 0 Å². The van der Waals surface area contributed by atoms with Crippen LogP contribution in [0.15, 0.2) is 29.4 Å². The van der Waals surface area contributed by atoms with Crippen molar-refractivity contribution < 1.29 is 14.1 Å². The number of nitrogens with zero attached hydrogens (tertiary/aromatic N) is 4. The summed E-state index contributed by atoms with van der Waals surface area (Å²) in [5.74, 6) is 0.319. The lowest BCUT2D eigenvalue weighted by Crippen LogP contribution is -2.15. The Morgan fingerprint density at radius 1 is 1.53 bits per heavy atom. The predicted molar refractivity (Wildman–Crippen MR) is 57.5 cm³/mol. The van der Waals surface area contributed by atoms with Crippen LogP contribution in [0.2, 0.25) is 0 Å². The maximum atomic E-state index is 13.0. The van der Waals surface area contributed by atoms with E-state index in [2.05, 4.69) is 10.0 Å². The summed E-state index contributed by atoms with van der Waals surface area (Å²) in [4.78, 5) is 12.2. The topological polar surface area (TPSA) is 101 Å².